The van der Waals surface area contributed by atoms with Gasteiger partial charge in [-0.1, -0.05) is 36.4 Å². The smallest absolute Gasteiger partial charge is 0.270 e. The average Bonchev–Trinajstić information content (AvgIpc) is 3.38. The van der Waals surface area contributed by atoms with E-state index in [4.69, 9.17) is 0 Å². The van der Waals surface area contributed by atoms with Crippen LogP contribution < -0.4 is 5.32 Å². The van der Waals surface area contributed by atoms with Crippen molar-refractivity contribution < 1.29 is 9.59 Å². The summed E-state index contributed by atoms with van der Waals surface area (Å²) in [5.74, 6) is -0.159. The second-order valence-electron chi connectivity index (χ2n) is 8.63. The highest BCUT2D eigenvalue weighted by atomic mass is 32.1. The number of fused-ring (bicyclic) bond motifs is 1. The molecule has 1 fully saturated rings. The van der Waals surface area contributed by atoms with Crippen molar-refractivity contribution in [3.63, 3.8) is 0 Å². The van der Waals surface area contributed by atoms with E-state index < -0.39 is 0 Å². The lowest BCUT2D eigenvalue weighted by atomic mass is 9.94. The molecule has 0 spiro atoms. The van der Waals surface area contributed by atoms with Gasteiger partial charge in [0.25, 0.3) is 11.8 Å². The predicted octanol–water partition coefficient (Wildman–Crippen LogP) is 4.63. The summed E-state index contributed by atoms with van der Waals surface area (Å²) in [7, 11) is 0. The molecule has 1 N–H and O–H groups in total. The first-order valence-electron chi connectivity index (χ1n) is 11.1. The molecule has 0 bridgehead atoms. The number of likely N-dealkylation sites (tertiary alicyclic amines) is 1. The summed E-state index contributed by atoms with van der Waals surface area (Å²) in [6, 6.07) is 14.0. The van der Waals surface area contributed by atoms with Crippen molar-refractivity contribution in [2.45, 2.75) is 33.2 Å². The van der Waals surface area contributed by atoms with Gasteiger partial charge in [0.15, 0.2) is 4.96 Å². The van der Waals surface area contributed by atoms with Crippen LogP contribution in [0.25, 0.3) is 16.1 Å². The van der Waals surface area contributed by atoms with Crippen LogP contribution in [0.2, 0.25) is 0 Å². The van der Waals surface area contributed by atoms with Crippen molar-refractivity contribution in [3.8, 4) is 11.1 Å². The molecule has 3 heterocycles. The second-order valence-corrected chi connectivity index (χ2v) is 9.47. The molecular weight excluding hydrogens is 432 g/mol. The first-order valence-corrected chi connectivity index (χ1v) is 12.0. The van der Waals surface area contributed by atoms with Crippen molar-refractivity contribution in [2.24, 2.45) is 0 Å². The van der Waals surface area contributed by atoms with Gasteiger partial charge in [-0.3, -0.25) is 14.0 Å². The monoisotopic (exact) mass is 458 g/mol. The number of nitrogens with one attached hydrogen (secondary N) is 1. The Morgan fingerprint density at radius 1 is 1.12 bits per heavy atom. The van der Waals surface area contributed by atoms with E-state index in [2.05, 4.69) is 42.3 Å². The Kier molecular flexibility index (Phi) is 5.50. The number of rotatable bonds is 5. The van der Waals surface area contributed by atoms with E-state index in [0.717, 1.165) is 28.2 Å². The van der Waals surface area contributed by atoms with Gasteiger partial charge in [0.1, 0.15) is 5.69 Å². The first kappa shape index (κ1) is 21.4. The standard InChI is InChI=1S/C26H26N4O2S/c1-16-8-9-19(12-17(16)2)21-6-4-5-7-22(21)25(32)29-11-10-20(29)13-27-24(31)23-14-28-26-30(23)18(3)15-33-26/h4-9,12,14-15,20H,10-11,13H2,1-3H3,(H,27,31)/t20-/m1/s1. The third kappa shape index (κ3) is 3.82. The van der Waals surface area contributed by atoms with Crippen molar-refractivity contribution in [1.29, 1.82) is 0 Å². The Balaban J connectivity index is 1.31. The molecule has 0 saturated carbocycles. The number of hydrogen-bond donors (Lipinski definition) is 1. The Morgan fingerprint density at radius 2 is 1.94 bits per heavy atom. The zero-order valence-electron chi connectivity index (χ0n) is 19.0. The maximum atomic E-state index is 13.4. The third-order valence-corrected chi connectivity index (χ3v) is 7.49. The molecule has 2 aromatic heterocycles. The van der Waals surface area contributed by atoms with E-state index in [9.17, 15) is 9.59 Å². The zero-order chi connectivity index (χ0) is 23.1. The molecule has 1 saturated heterocycles. The number of benzene rings is 2. The number of nitrogens with zero attached hydrogens (tertiary/aromatic N) is 3. The molecule has 7 heteroatoms. The van der Waals surface area contributed by atoms with Crippen LogP contribution in [-0.4, -0.2) is 45.2 Å². The van der Waals surface area contributed by atoms with Crippen molar-refractivity contribution in [1.82, 2.24) is 19.6 Å². The lowest BCUT2D eigenvalue weighted by molar-refractivity contribution is 0.0456. The van der Waals surface area contributed by atoms with Gasteiger partial charge in [-0.05, 0) is 55.5 Å². The van der Waals surface area contributed by atoms with E-state index >= 15 is 0 Å². The number of thiazole rings is 1. The minimum Gasteiger partial charge on any atom is -0.349 e. The molecule has 1 aliphatic heterocycles. The van der Waals surface area contributed by atoms with Gasteiger partial charge in [0.05, 0.1) is 12.2 Å². The van der Waals surface area contributed by atoms with E-state index in [1.54, 1.807) is 6.20 Å². The number of imidazole rings is 1. The van der Waals surface area contributed by atoms with Crippen LogP contribution >= 0.6 is 11.3 Å². The molecule has 2 amide bonds. The highest BCUT2D eigenvalue weighted by molar-refractivity contribution is 7.15. The normalized spacial score (nSPS) is 15.5. The summed E-state index contributed by atoms with van der Waals surface area (Å²) in [6.07, 6.45) is 2.48. The Labute approximate surface area is 196 Å². The summed E-state index contributed by atoms with van der Waals surface area (Å²) >= 11 is 1.51. The Hall–Kier alpha value is -3.45. The molecule has 5 rings (SSSR count). The number of aromatic nitrogens is 2. The molecule has 0 aliphatic carbocycles. The van der Waals surface area contributed by atoms with Gasteiger partial charge in [0, 0.05) is 29.7 Å². The van der Waals surface area contributed by atoms with Crippen molar-refractivity contribution in [3.05, 3.63) is 82.1 Å². The molecule has 0 radical (unpaired) electrons. The maximum absolute atomic E-state index is 13.4. The van der Waals surface area contributed by atoms with Crippen LogP contribution in [0.15, 0.2) is 54.0 Å². The zero-order valence-corrected chi connectivity index (χ0v) is 19.8. The number of amides is 2. The highest BCUT2D eigenvalue weighted by Gasteiger charge is 2.34. The van der Waals surface area contributed by atoms with Crippen LogP contribution in [0.3, 0.4) is 0 Å². The summed E-state index contributed by atoms with van der Waals surface area (Å²) in [5, 5.41) is 4.99. The highest BCUT2D eigenvalue weighted by Crippen LogP contribution is 2.29. The maximum Gasteiger partial charge on any atom is 0.270 e. The molecule has 1 atom stereocenters. The predicted molar refractivity (Wildman–Crippen MR) is 131 cm³/mol. The fourth-order valence-electron chi connectivity index (χ4n) is 4.32. The molecule has 4 aromatic rings. The largest absolute Gasteiger partial charge is 0.349 e. The van der Waals surface area contributed by atoms with E-state index in [-0.39, 0.29) is 17.9 Å². The molecule has 168 valence electrons. The molecule has 33 heavy (non-hydrogen) atoms. The summed E-state index contributed by atoms with van der Waals surface area (Å²) in [4.78, 5) is 33.2. The van der Waals surface area contributed by atoms with Crippen LogP contribution in [0.1, 0.15) is 44.1 Å². The Morgan fingerprint density at radius 3 is 2.70 bits per heavy atom. The lowest BCUT2D eigenvalue weighted by Crippen LogP contribution is -2.56. The van der Waals surface area contributed by atoms with Crippen molar-refractivity contribution in [2.75, 3.05) is 13.1 Å². The summed E-state index contributed by atoms with van der Waals surface area (Å²) in [6.45, 7) is 7.25. The van der Waals surface area contributed by atoms with Gasteiger partial charge < -0.3 is 10.2 Å². The van der Waals surface area contributed by atoms with E-state index in [1.165, 1.54) is 22.5 Å². The molecule has 1 aliphatic rings. The summed E-state index contributed by atoms with van der Waals surface area (Å²) in [5.41, 5.74) is 6.63. The topological polar surface area (TPSA) is 66.7 Å². The minimum atomic E-state index is -0.168. The molecule has 6 nitrogen and oxygen atoms in total. The van der Waals surface area contributed by atoms with Gasteiger partial charge >= 0.3 is 0 Å². The number of hydrogen-bond acceptors (Lipinski definition) is 4. The molecule has 2 aromatic carbocycles. The lowest BCUT2D eigenvalue weighted by Gasteiger charge is -2.41. The Bertz CT molecular complexity index is 1370. The molecule has 0 unspecified atom stereocenters. The van der Waals surface area contributed by atoms with Gasteiger partial charge in [-0.15, -0.1) is 11.3 Å². The first-order chi connectivity index (χ1) is 15.9. The van der Waals surface area contributed by atoms with Crippen LogP contribution in [0.4, 0.5) is 0 Å². The number of carbonyl (C=O) groups excluding carboxylic acids is 2. The fraction of sp³-hybridized carbons (Fsp3) is 0.269. The van der Waals surface area contributed by atoms with E-state index in [0.29, 0.717) is 24.3 Å². The SMILES string of the molecule is Cc1ccc(-c2ccccc2C(=O)N2CC[C@@H]2CNC(=O)c2cnc3scc(C)n23)cc1C. The van der Waals surface area contributed by atoms with Crippen LogP contribution in [0, 0.1) is 20.8 Å². The second kappa shape index (κ2) is 8.48. The van der Waals surface area contributed by atoms with Crippen LogP contribution in [-0.2, 0) is 0 Å². The van der Waals surface area contributed by atoms with Gasteiger partial charge in [-0.25, -0.2) is 4.98 Å². The van der Waals surface area contributed by atoms with E-state index in [1.807, 2.05) is 45.9 Å². The third-order valence-electron chi connectivity index (χ3n) is 6.53. The fourth-order valence-corrected chi connectivity index (χ4v) is 5.16. The average molecular weight is 459 g/mol. The minimum absolute atomic E-state index is 0.00903. The quantitative estimate of drug-likeness (QED) is 0.474. The van der Waals surface area contributed by atoms with Crippen molar-refractivity contribution >= 4 is 28.1 Å². The van der Waals surface area contributed by atoms with Gasteiger partial charge in [-0.2, -0.15) is 0 Å². The molecular formula is C26H26N4O2S. The van der Waals surface area contributed by atoms with Crippen LogP contribution in [0.5, 0.6) is 0 Å². The summed E-state index contributed by atoms with van der Waals surface area (Å²) < 4.78 is 1.86. The number of carbonyl (C=O) groups is 2. The van der Waals surface area contributed by atoms with Gasteiger partial charge in [0.2, 0.25) is 0 Å². The number of aryl methyl sites for hydroxylation is 3.